The minimum atomic E-state index is 0.778. The molecular formula is C5H10Sn. The monoisotopic (exact) mass is 190 g/mol. The molecule has 0 atom stereocenters. The molecule has 0 heterocycles. The summed E-state index contributed by atoms with van der Waals surface area (Å²) in [6, 6.07) is 0. The van der Waals surface area contributed by atoms with Crippen LogP contribution in [0.5, 0.6) is 0 Å². The summed E-state index contributed by atoms with van der Waals surface area (Å²) in [5, 5.41) is 0. The van der Waals surface area contributed by atoms with Gasteiger partial charge in [0.15, 0.2) is 0 Å². The van der Waals surface area contributed by atoms with Crippen molar-refractivity contribution in [1.29, 1.82) is 0 Å². The first-order valence-electron chi connectivity index (χ1n) is 2.11. The summed E-state index contributed by atoms with van der Waals surface area (Å²) in [6.07, 6.45) is 1.83. The van der Waals surface area contributed by atoms with E-state index < -0.39 is 0 Å². The second kappa shape index (κ2) is 3.47. The van der Waals surface area contributed by atoms with E-state index in [1.807, 2.05) is 6.08 Å². The number of hydrogen-bond donors (Lipinski definition) is 0. The van der Waals surface area contributed by atoms with Crippen LogP contribution in [-0.4, -0.2) is 22.5 Å². The second-order valence-electron chi connectivity index (χ2n) is 1.22. The van der Waals surface area contributed by atoms with Gasteiger partial charge < -0.3 is 0 Å². The fraction of sp³-hybridized carbons (Fsp3) is 0.200. The van der Waals surface area contributed by atoms with Crippen molar-refractivity contribution in [2.45, 2.75) is 4.44 Å². The van der Waals surface area contributed by atoms with Crippen LogP contribution in [0.25, 0.3) is 0 Å². The van der Waals surface area contributed by atoms with Crippen molar-refractivity contribution in [3.63, 3.8) is 0 Å². The van der Waals surface area contributed by atoms with E-state index in [0.717, 1.165) is 22.5 Å². The summed E-state index contributed by atoms with van der Waals surface area (Å²) in [5.74, 6) is 0. The SMILES string of the molecule is C=CC(=C)[CH2][SnH3]. The van der Waals surface area contributed by atoms with E-state index >= 15 is 0 Å². The Bertz CT molecular complexity index is 64.3. The average molecular weight is 189 g/mol. The van der Waals surface area contributed by atoms with Gasteiger partial charge in [0.2, 0.25) is 0 Å². The number of hydrogen-bond acceptors (Lipinski definition) is 0. The molecule has 0 aliphatic carbocycles. The molecule has 0 radical (unpaired) electrons. The third-order valence-electron chi connectivity index (χ3n) is 0.743. The Kier molecular flexibility index (Phi) is 3.63. The summed E-state index contributed by atoms with van der Waals surface area (Å²) in [7, 11) is 0. The van der Waals surface area contributed by atoms with Gasteiger partial charge in [-0.05, 0) is 0 Å². The molecular weight excluding hydrogens is 179 g/mol. The molecule has 0 aromatic carbocycles. The van der Waals surface area contributed by atoms with Gasteiger partial charge in [0.25, 0.3) is 0 Å². The number of allylic oxidation sites excluding steroid dienone is 2. The maximum atomic E-state index is 3.73. The molecule has 0 fully saturated rings. The molecule has 0 aliphatic rings. The second-order valence-corrected chi connectivity index (χ2v) is 3.23. The Morgan fingerprint density at radius 1 is 1.83 bits per heavy atom. The Balaban J connectivity index is 3.23. The van der Waals surface area contributed by atoms with E-state index in [1.165, 1.54) is 10.0 Å². The minimum absolute atomic E-state index is 0.778. The van der Waals surface area contributed by atoms with Gasteiger partial charge in [-0.15, -0.1) is 0 Å². The van der Waals surface area contributed by atoms with Gasteiger partial charge in [-0.1, -0.05) is 0 Å². The number of rotatable bonds is 2. The Labute approximate surface area is 52.0 Å². The molecule has 0 N–H and O–H groups in total. The normalized spacial score (nSPS) is 8.00. The van der Waals surface area contributed by atoms with Gasteiger partial charge >= 0.3 is 51.8 Å². The molecule has 0 aliphatic heterocycles. The molecule has 0 aromatic rings. The van der Waals surface area contributed by atoms with E-state index in [0.29, 0.717) is 0 Å². The van der Waals surface area contributed by atoms with Crippen molar-refractivity contribution < 1.29 is 0 Å². The fourth-order valence-electron chi connectivity index (χ4n) is 0.144. The topological polar surface area (TPSA) is 0 Å². The van der Waals surface area contributed by atoms with Gasteiger partial charge in [-0.25, -0.2) is 0 Å². The molecule has 0 amide bonds. The van der Waals surface area contributed by atoms with Gasteiger partial charge in [0.1, 0.15) is 0 Å². The first-order valence-corrected chi connectivity index (χ1v) is 6.15. The molecule has 0 aromatic heterocycles. The third-order valence-corrected chi connectivity index (χ3v) is 3.34. The van der Waals surface area contributed by atoms with E-state index in [-0.39, 0.29) is 0 Å². The van der Waals surface area contributed by atoms with Crippen LogP contribution in [0, 0.1) is 0 Å². The fourth-order valence-corrected chi connectivity index (χ4v) is 0.968. The van der Waals surface area contributed by atoms with Crippen LogP contribution in [0.2, 0.25) is 4.44 Å². The Morgan fingerprint density at radius 2 is 2.33 bits per heavy atom. The molecule has 0 saturated carbocycles. The quantitative estimate of drug-likeness (QED) is 0.438. The summed E-state index contributed by atoms with van der Waals surface area (Å²) >= 11 is 0.778. The van der Waals surface area contributed by atoms with Gasteiger partial charge in [0.05, 0.1) is 0 Å². The van der Waals surface area contributed by atoms with Gasteiger partial charge in [-0.2, -0.15) is 0 Å². The van der Waals surface area contributed by atoms with Crippen molar-refractivity contribution in [2.75, 3.05) is 0 Å². The van der Waals surface area contributed by atoms with Crippen molar-refractivity contribution in [3.8, 4) is 0 Å². The van der Waals surface area contributed by atoms with E-state index in [4.69, 9.17) is 0 Å². The molecule has 1 heteroatoms. The zero-order valence-corrected chi connectivity index (χ0v) is 9.91. The van der Waals surface area contributed by atoms with Crippen LogP contribution in [0.1, 0.15) is 0 Å². The molecule has 6 heavy (non-hydrogen) atoms. The Morgan fingerprint density at radius 3 is 2.33 bits per heavy atom. The van der Waals surface area contributed by atoms with Crippen LogP contribution in [-0.2, 0) is 0 Å². The standard InChI is InChI=1S/C5H7.Sn.3H/c1-4-5(2)3;;;;/h4H,1-3H2;;;;. The van der Waals surface area contributed by atoms with Crippen molar-refractivity contribution in [1.82, 2.24) is 0 Å². The van der Waals surface area contributed by atoms with Crippen molar-refractivity contribution in [3.05, 3.63) is 24.8 Å². The first kappa shape index (κ1) is 6.28. The molecule has 0 rings (SSSR count). The van der Waals surface area contributed by atoms with Gasteiger partial charge in [-0.3, -0.25) is 0 Å². The van der Waals surface area contributed by atoms with E-state index in [2.05, 4.69) is 13.2 Å². The third kappa shape index (κ3) is 2.51. The predicted octanol–water partition coefficient (Wildman–Crippen LogP) is 0.512. The summed E-state index contributed by atoms with van der Waals surface area (Å²) < 4.78 is 1.23. The van der Waals surface area contributed by atoms with Crippen molar-refractivity contribution in [2.24, 2.45) is 0 Å². The zero-order chi connectivity index (χ0) is 4.99. The van der Waals surface area contributed by atoms with Crippen molar-refractivity contribution >= 4 is 22.5 Å². The Hall–Kier alpha value is 0.279. The van der Waals surface area contributed by atoms with E-state index in [1.54, 1.807) is 0 Å². The molecule has 0 bridgehead atoms. The van der Waals surface area contributed by atoms with Crippen LogP contribution >= 0.6 is 0 Å². The average Bonchev–Trinajstić information content (AvgIpc) is 1.65. The van der Waals surface area contributed by atoms with Crippen LogP contribution < -0.4 is 0 Å². The van der Waals surface area contributed by atoms with Crippen LogP contribution in [0.3, 0.4) is 0 Å². The van der Waals surface area contributed by atoms with Crippen LogP contribution in [0.4, 0.5) is 0 Å². The van der Waals surface area contributed by atoms with Crippen LogP contribution in [0.15, 0.2) is 24.8 Å². The molecule has 34 valence electrons. The first-order chi connectivity index (χ1) is 2.81. The van der Waals surface area contributed by atoms with Gasteiger partial charge in [0, 0.05) is 0 Å². The summed E-state index contributed by atoms with van der Waals surface area (Å²) in [4.78, 5) is 0. The molecule has 0 nitrogen and oxygen atoms in total. The molecule has 0 unspecified atom stereocenters. The predicted molar refractivity (Wildman–Crippen MR) is 34.1 cm³/mol. The maximum absolute atomic E-state index is 3.73. The molecule has 0 spiro atoms. The molecule has 0 saturated heterocycles. The zero-order valence-electron chi connectivity index (χ0n) is 4.20. The summed E-state index contributed by atoms with van der Waals surface area (Å²) in [5.41, 5.74) is 1.20. The van der Waals surface area contributed by atoms with E-state index in [9.17, 15) is 0 Å². The summed E-state index contributed by atoms with van der Waals surface area (Å²) in [6.45, 7) is 7.29.